The summed E-state index contributed by atoms with van der Waals surface area (Å²) < 4.78 is 38.0. The molecular formula is C17H14Cl3F3N2OS. The van der Waals surface area contributed by atoms with E-state index in [2.05, 4.69) is 10.3 Å². The molecule has 0 fully saturated rings. The van der Waals surface area contributed by atoms with Crippen LogP contribution in [0.5, 0.6) is 0 Å². The highest BCUT2D eigenvalue weighted by Crippen LogP contribution is 2.35. The second-order valence-electron chi connectivity index (χ2n) is 5.66. The van der Waals surface area contributed by atoms with E-state index in [1.165, 1.54) is 0 Å². The number of benzene rings is 1. The molecule has 1 N–H and O–H groups in total. The minimum atomic E-state index is -4.53. The SMILES string of the molecule is C[C@H](Sc1ncc(C(F)(F)F)cc1Cl)C(=O)N[C@H](C)c1ccc(Cl)cc1Cl. The van der Waals surface area contributed by atoms with Gasteiger partial charge in [-0.3, -0.25) is 4.79 Å². The first-order valence-electron chi connectivity index (χ1n) is 7.63. The molecule has 0 bridgehead atoms. The van der Waals surface area contributed by atoms with Crippen molar-refractivity contribution in [1.82, 2.24) is 10.3 Å². The molecule has 0 saturated carbocycles. The van der Waals surface area contributed by atoms with E-state index in [1.807, 2.05) is 0 Å². The van der Waals surface area contributed by atoms with Crippen LogP contribution in [0.2, 0.25) is 15.1 Å². The maximum absolute atomic E-state index is 12.7. The van der Waals surface area contributed by atoms with Gasteiger partial charge < -0.3 is 5.32 Å². The van der Waals surface area contributed by atoms with Gasteiger partial charge in [0.05, 0.1) is 21.9 Å². The third-order valence-corrected chi connectivity index (χ3v) is 5.66. The molecule has 146 valence electrons. The summed E-state index contributed by atoms with van der Waals surface area (Å²) in [4.78, 5) is 16.1. The van der Waals surface area contributed by atoms with Crippen molar-refractivity contribution in [1.29, 1.82) is 0 Å². The van der Waals surface area contributed by atoms with Crippen LogP contribution in [0.1, 0.15) is 31.0 Å². The summed E-state index contributed by atoms with van der Waals surface area (Å²) >= 11 is 18.8. The van der Waals surface area contributed by atoms with Crippen molar-refractivity contribution < 1.29 is 18.0 Å². The minimum Gasteiger partial charge on any atom is -0.349 e. The van der Waals surface area contributed by atoms with E-state index in [1.54, 1.807) is 32.0 Å². The number of hydrogen-bond donors (Lipinski definition) is 1. The predicted octanol–water partition coefficient (Wildman–Crippen LogP) is 6.42. The Morgan fingerprint density at radius 3 is 2.37 bits per heavy atom. The molecule has 0 radical (unpaired) electrons. The zero-order chi connectivity index (χ0) is 20.4. The fraction of sp³-hybridized carbons (Fsp3) is 0.294. The van der Waals surface area contributed by atoms with Crippen LogP contribution < -0.4 is 5.32 Å². The van der Waals surface area contributed by atoms with Crippen molar-refractivity contribution in [3.8, 4) is 0 Å². The number of carbonyl (C=O) groups excluding carboxylic acids is 1. The number of hydrogen-bond acceptors (Lipinski definition) is 3. The molecule has 2 atom stereocenters. The van der Waals surface area contributed by atoms with Crippen LogP contribution in [0.25, 0.3) is 0 Å². The Morgan fingerprint density at radius 2 is 1.81 bits per heavy atom. The first kappa shape index (κ1) is 22.1. The molecule has 2 rings (SSSR count). The van der Waals surface area contributed by atoms with Crippen LogP contribution in [-0.4, -0.2) is 16.1 Å². The van der Waals surface area contributed by atoms with Gasteiger partial charge in [0.25, 0.3) is 0 Å². The van der Waals surface area contributed by atoms with Gasteiger partial charge in [-0.1, -0.05) is 52.6 Å². The van der Waals surface area contributed by atoms with Crippen molar-refractivity contribution >= 4 is 52.5 Å². The molecule has 10 heteroatoms. The maximum atomic E-state index is 12.7. The number of carbonyl (C=O) groups is 1. The third kappa shape index (κ3) is 5.91. The molecule has 27 heavy (non-hydrogen) atoms. The van der Waals surface area contributed by atoms with Crippen LogP contribution in [0.3, 0.4) is 0 Å². The number of nitrogens with zero attached hydrogens (tertiary/aromatic N) is 1. The molecule has 1 aromatic carbocycles. The molecule has 0 saturated heterocycles. The molecule has 3 nitrogen and oxygen atoms in total. The summed E-state index contributed by atoms with van der Waals surface area (Å²) in [5, 5.41) is 3.03. The standard InChI is InChI=1S/C17H14Cl3F3N2OS/c1-8(12-4-3-11(18)6-13(12)19)25-15(26)9(2)27-16-14(20)5-10(7-24-16)17(21,22)23/h3-9H,1-2H3,(H,25,26)/t8-,9+/m1/s1. The molecule has 0 spiro atoms. The van der Waals surface area contributed by atoms with E-state index < -0.39 is 17.0 Å². The summed E-state index contributed by atoms with van der Waals surface area (Å²) in [6.07, 6.45) is -3.84. The van der Waals surface area contributed by atoms with E-state index in [0.717, 1.165) is 17.8 Å². The first-order valence-corrected chi connectivity index (χ1v) is 9.65. The van der Waals surface area contributed by atoms with Crippen LogP contribution in [0, 0.1) is 0 Å². The van der Waals surface area contributed by atoms with Gasteiger partial charge in [-0.2, -0.15) is 13.2 Å². The second-order valence-corrected chi connectivity index (χ2v) is 8.25. The molecule has 0 aliphatic heterocycles. The van der Waals surface area contributed by atoms with E-state index in [4.69, 9.17) is 34.8 Å². The molecule has 1 amide bonds. The number of nitrogens with one attached hydrogen (secondary N) is 1. The highest BCUT2D eigenvalue weighted by atomic mass is 35.5. The van der Waals surface area contributed by atoms with Gasteiger partial charge in [0, 0.05) is 16.2 Å². The third-order valence-electron chi connectivity index (χ3n) is 3.58. The molecule has 0 aliphatic carbocycles. The van der Waals surface area contributed by atoms with Crippen molar-refractivity contribution in [3.05, 3.63) is 56.7 Å². The average molecular weight is 458 g/mol. The first-order chi connectivity index (χ1) is 12.5. The lowest BCUT2D eigenvalue weighted by Crippen LogP contribution is -2.33. The van der Waals surface area contributed by atoms with Crippen LogP contribution in [-0.2, 0) is 11.0 Å². The Balaban J connectivity index is 2.05. The Bertz CT molecular complexity index is 849. The zero-order valence-electron chi connectivity index (χ0n) is 14.1. The topological polar surface area (TPSA) is 42.0 Å². The van der Waals surface area contributed by atoms with Gasteiger partial charge in [-0.05, 0) is 37.6 Å². The van der Waals surface area contributed by atoms with E-state index in [-0.39, 0.29) is 22.0 Å². The number of thioether (sulfide) groups is 1. The number of rotatable bonds is 5. The largest absolute Gasteiger partial charge is 0.417 e. The maximum Gasteiger partial charge on any atom is 0.417 e. The minimum absolute atomic E-state index is 0.143. The molecule has 0 aliphatic rings. The van der Waals surface area contributed by atoms with Gasteiger partial charge >= 0.3 is 6.18 Å². The lowest BCUT2D eigenvalue weighted by molar-refractivity contribution is -0.137. The quantitative estimate of drug-likeness (QED) is 0.527. The Labute approximate surface area is 173 Å². The summed E-state index contributed by atoms with van der Waals surface area (Å²) in [5.41, 5.74) is -0.253. The van der Waals surface area contributed by atoms with Crippen molar-refractivity contribution in [2.24, 2.45) is 0 Å². The van der Waals surface area contributed by atoms with Gasteiger partial charge in [-0.15, -0.1) is 0 Å². The van der Waals surface area contributed by atoms with Gasteiger partial charge in [0.1, 0.15) is 5.03 Å². The van der Waals surface area contributed by atoms with E-state index >= 15 is 0 Å². The van der Waals surface area contributed by atoms with Crippen LogP contribution >= 0.6 is 46.6 Å². The molecule has 2 aromatic rings. The van der Waals surface area contributed by atoms with Gasteiger partial charge in [0.15, 0.2) is 0 Å². The van der Waals surface area contributed by atoms with Crippen LogP contribution in [0.4, 0.5) is 13.2 Å². The van der Waals surface area contributed by atoms with Gasteiger partial charge in [0.2, 0.25) is 5.91 Å². The second kappa shape index (κ2) is 8.90. The van der Waals surface area contributed by atoms with Crippen molar-refractivity contribution in [2.75, 3.05) is 0 Å². The number of pyridine rings is 1. The molecular weight excluding hydrogens is 444 g/mol. The van der Waals surface area contributed by atoms with Crippen molar-refractivity contribution in [2.45, 2.75) is 36.3 Å². The van der Waals surface area contributed by atoms with Crippen LogP contribution in [0.15, 0.2) is 35.5 Å². The number of aromatic nitrogens is 1. The van der Waals surface area contributed by atoms with Crippen molar-refractivity contribution in [3.63, 3.8) is 0 Å². The smallest absolute Gasteiger partial charge is 0.349 e. The lowest BCUT2D eigenvalue weighted by atomic mass is 10.1. The van der Waals surface area contributed by atoms with Gasteiger partial charge in [-0.25, -0.2) is 4.98 Å². The average Bonchev–Trinajstić information content (AvgIpc) is 2.55. The summed E-state index contributed by atoms with van der Waals surface area (Å²) in [5.74, 6) is -0.337. The monoisotopic (exact) mass is 456 g/mol. The highest BCUT2D eigenvalue weighted by Gasteiger charge is 2.32. The fourth-order valence-corrected chi connectivity index (χ4v) is 3.82. The Morgan fingerprint density at radius 1 is 1.15 bits per heavy atom. The van der Waals surface area contributed by atoms with E-state index in [0.29, 0.717) is 21.8 Å². The Hall–Kier alpha value is -1.15. The number of halogens is 6. The summed E-state index contributed by atoms with van der Waals surface area (Å²) in [7, 11) is 0. The summed E-state index contributed by atoms with van der Waals surface area (Å²) in [6, 6.07) is 5.35. The highest BCUT2D eigenvalue weighted by molar-refractivity contribution is 8.00. The predicted molar refractivity (Wildman–Crippen MR) is 103 cm³/mol. The summed E-state index contributed by atoms with van der Waals surface area (Å²) in [6.45, 7) is 3.36. The van der Waals surface area contributed by atoms with E-state index in [9.17, 15) is 18.0 Å². The fourth-order valence-electron chi connectivity index (χ4n) is 2.15. The molecule has 0 unspecified atom stereocenters. The Kier molecular flexibility index (Phi) is 7.30. The lowest BCUT2D eigenvalue weighted by Gasteiger charge is -2.19. The number of alkyl halides is 3. The zero-order valence-corrected chi connectivity index (χ0v) is 17.2. The number of amides is 1. The molecule has 1 heterocycles. The normalized spacial score (nSPS) is 13.9. The molecule has 1 aromatic heterocycles.